The molecule has 0 radical (unpaired) electrons. The van der Waals surface area contributed by atoms with Crippen molar-refractivity contribution in [1.82, 2.24) is 4.90 Å². The van der Waals surface area contributed by atoms with E-state index in [4.69, 9.17) is 10.5 Å². The van der Waals surface area contributed by atoms with Crippen molar-refractivity contribution in [2.75, 3.05) is 37.7 Å². The molecular weight excluding hydrogens is 409 g/mol. The molecule has 1 fully saturated rings. The van der Waals surface area contributed by atoms with E-state index in [1.807, 2.05) is 30.0 Å². The van der Waals surface area contributed by atoms with Gasteiger partial charge in [0.2, 0.25) is 0 Å². The molecule has 1 heterocycles. The van der Waals surface area contributed by atoms with Crippen LogP contribution in [0.2, 0.25) is 0 Å². The summed E-state index contributed by atoms with van der Waals surface area (Å²) in [5.41, 5.74) is 7.22. The highest BCUT2D eigenvalue weighted by molar-refractivity contribution is 14.0. The first-order valence-corrected chi connectivity index (χ1v) is 8.72. The molecule has 0 spiro atoms. The van der Waals surface area contributed by atoms with E-state index in [-0.39, 0.29) is 30.1 Å². The summed E-state index contributed by atoms with van der Waals surface area (Å²) in [5, 5.41) is 0. The van der Waals surface area contributed by atoms with Crippen LogP contribution in [0.1, 0.15) is 25.0 Å². The lowest BCUT2D eigenvalue weighted by Crippen LogP contribution is -2.42. The molecule has 1 aromatic rings. The molecule has 4 nitrogen and oxygen atoms in total. The second-order valence-electron chi connectivity index (χ2n) is 5.12. The fraction of sp³-hybridized carbons (Fsp3) is 0.562. The summed E-state index contributed by atoms with van der Waals surface area (Å²) in [5.74, 6) is 2.98. The first kappa shape index (κ1) is 19.6. The van der Waals surface area contributed by atoms with Crippen LogP contribution in [0.3, 0.4) is 0 Å². The molecule has 124 valence electrons. The number of rotatable bonds is 6. The van der Waals surface area contributed by atoms with Crippen molar-refractivity contribution < 1.29 is 4.74 Å². The number of benzene rings is 1. The molecular formula is C16H26IN3OS. The number of ether oxygens (including phenoxy) is 1. The van der Waals surface area contributed by atoms with Gasteiger partial charge in [0.05, 0.1) is 6.10 Å². The van der Waals surface area contributed by atoms with Crippen molar-refractivity contribution in [3.63, 3.8) is 0 Å². The lowest BCUT2D eigenvalue weighted by atomic mass is 10.1. The normalized spacial score (nSPS) is 17.0. The van der Waals surface area contributed by atoms with Gasteiger partial charge in [0.25, 0.3) is 0 Å². The third-order valence-electron chi connectivity index (χ3n) is 3.55. The van der Waals surface area contributed by atoms with E-state index in [1.165, 1.54) is 5.56 Å². The molecule has 0 bridgehead atoms. The quantitative estimate of drug-likeness (QED) is 0.323. The first-order chi connectivity index (χ1) is 10.3. The second-order valence-corrected chi connectivity index (χ2v) is 6.34. The van der Waals surface area contributed by atoms with E-state index < -0.39 is 0 Å². The molecule has 1 aliphatic rings. The number of nitrogens with zero attached hydrogens (tertiary/aromatic N) is 2. The monoisotopic (exact) mass is 435 g/mol. The standard InChI is InChI=1S/C16H25N3OS.HI/c1-14(15-6-3-2-4-7-15)20-11-5-8-18-16(17)19-9-12-21-13-10-19;/h2-4,6-7,14H,5,8-13H2,1H3,(H2,17,18);1H. The Hall–Kier alpha value is -0.470. The molecule has 1 aliphatic heterocycles. The van der Waals surface area contributed by atoms with Gasteiger partial charge in [0, 0.05) is 37.7 Å². The molecule has 2 N–H and O–H groups in total. The van der Waals surface area contributed by atoms with Gasteiger partial charge in [-0.05, 0) is 18.9 Å². The van der Waals surface area contributed by atoms with E-state index in [2.05, 4.69) is 28.9 Å². The molecule has 0 amide bonds. The largest absolute Gasteiger partial charge is 0.374 e. The SMILES string of the molecule is CC(OCCCN=C(N)N1CCSCC1)c1ccccc1.I. The van der Waals surface area contributed by atoms with Gasteiger partial charge in [-0.25, -0.2) is 0 Å². The number of thioether (sulfide) groups is 1. The van der Waals surface area contributed by atoms with Crippen LogP contribution in [0.25, 0.3) is 0 Å². The number of aliphatic imine (C=N–C) groups is 1. The Bertz CT molecular complexity index is 438. The maximum atomic E-state index is 6.01. The van der Waals surface area contributed by atoms with Crippen LogP contribution >= 0.6 is 35.7 Å². The fourth-order valence-electron chi connectivity index (χ4n) is 2.23. The van der Waals surface area contributed by atoms with Crippen LogP contribution in [-0.2, 0) is 4.74 Å². The van der Waals surface area contributed by atoms with Crippen LogP contribution in [0.15, 0.2) is 35.3 Å². The smallest absolute Gasteiger partial charge is 0.191 e. The van der Waals surface area contributed by atoms with Crippen molar-refractivity contribution >= 4 is 41.7 Å². The highest BCUT2D eigenvalue weighted by Gasteiger charge is 2.11. The summed E-state index contributed by atoms with van der Waals surface area (Å²) in [4.78, 5) is 6.62. The van der Waals surface area contributed by atoms with E-state index in [0.717, 1.165) is 37.6 Å². The van der Waals surface area contributed by atoms with E-state index in [0.29, 0.717) is 12.6 Å². The molecule has 1 atom stereocenters. The lowest BCUT2D eigenvalue weighted by molar-refractivity contribution is 0.0652. The predicted octanol–water partition coefficient (Wildman–Crippen LogP) is 3.14. The Labute approximate surface area is 154 Å². The third-order valence-corrected chi connectivity index (χ3v) is 4.49. The van der Waals surface area contributed by atoms with Gasteiger partial charge >= 0.3 is 0 Å². The maximum Gasteiger partial charge on any atom is 0.191 e. The summed E-state index contributed by atoms with van der Waals surface area (Å²) in [6, 6.07) is 10.3. The Balaban J connectivity index is 0.00000242. The summed E-state index contributed by atoms with van der Waals surface area (Å²) in [7, 11) is 0. The Morgan fingerprint density at radius 1 is 1.32 bits per heavy atom. The number of hydrogen-bond acceptors (Lipinski definition) is 3. The van der Waals surface area contributed by atoms with Crippen molar-refractivity contribution in [3.8, 4) is 0 Å². The van der Waals surface area contributed by atoms with E-state index in [1.54, 1.807) is 0 Å². The number of hydrogen-bond donors (Lipinski definition) is 1. The van der Waals surface area contributed by atoms with Gasteiger partial charge in [-0.2, -0.15) is 11.8 Å². The lowest BCUT2D eigenvalue weighted by Gasteiger charge is -2.27. The fourth-order valence-corrected chi connectivity index (χ4v) is 3.13. The average molecular weight is 435 g/mol. The minimum absolute atomic E-state index is 0. The van der Waals surface area contributed by atoms with Crippen LogP contribution in [0.4, 0.5) is 0 Å². The van der Waals surface area contributed by atoms with Gasteiger partial charge in [-0.15, -0.1) is 24.0 Å². The molecule has 1 aromatic carbocycles. The number of guanidine groups is 1. The molecule has 1 unspecified atom stereocenters. The topological polar surface area (TPSA) is 50.9 Å². The van der Waals surface area contributed by atoms with Gasteiger partial charge in [0.15, 0.2) is 5.96 Å². The van der Waals surface area contributed by atoms with Crippen LogP contribution in [-0.4, -0.2) is 48.6 Å². The van der Waals surface area contributed by atoms with Crippen molar-refractivity contribution in [1.29, 1.82) is 0 Å². The molecule has 6 heteroatoms. The third kappa shape index (κ3) is 6.75. The van der Waals surface area contributed by atoms with E-state index in [9.17, 15) is 0 Å². The minimum Gasteiger partial charge on any atom is -0.374 e. The Kier molecular flexibility index (Phi) is 9.90. The zero-order chi connectivity index (χ0) is 14.9. The van der Waals surface area contributed by atoms with E-state index >= 15 is 0 Å². The molecule has 0 saturated carbocycles. The molecule has 0 aromatic heterocycles. The average Bonchev–Trinajstić information content (AvgIpc) is 2.55. The Morgan fingerprint density at radius 2 is 2.00 bits per heavy atom. The van der Waals surface area contributed by atoms with Crippen LogP contribution < -0.4 is 5.73 Å². The second kappa shape index (κ2) is 11.1. The summed E-state index contributed by atoms with van der Waals surface area (Å²) in [6.07, 6.45) is 1.03. The molecule has 0 aliphatic carbocycles. The molecule has 1 saturated heterocycles. The first-order valence-electron chi connectivity index (χ1n) is 7.56. The maximum absolute atomic E-state index is 6.01. The number of halogens is 1. The van der Waals surface area contributed by atoms with Crippen molar-refractivity contribution in [2.45, 2.75) is 19.4 Å². The highest BCUT2D eigenvalue weighted by atomic mass is 127. The summed E-state index contributed by atoms with van der Waals surface area (Å²) in [6.45, 7) is 5.56. The number of nitrogens with two attached hydrogens (primary N) is 1. The minimum atomic E-state index is 0. The highest BCUT2D eigenvalue weighted by Crippen LogP contribution is 2.15. The predicted molar refractivity (Wildman–Crippen MR) is 106 cm³/mol. The summed E-state index contributed by atoms with van der Waals surface area (Å²) < 4.78 is 5.83. The van der Waals surface area contributed by atoms with Gasteiger partial charge in [-0.1, -0.05) is 30.3 Å². The van der Waals surface area contributed by atoms with Crippen molar-refractivity contribution in [3.05, 3.63) is 35.9 Å². The zero-order valence-electron chi connectivity index (χ0n) is 13.1. The van der Waals surface area contributed by atoms with Gasteiger partial charge in [0.1, 0.15) is 0 Å². The van der Waals surface area contributed by atoms with Crippen LogP contribution in [0, 0.1) is 0 Å². The van der Waals surface area contributed by atoms with Crippen LogP contribution in [0.5, 0.6) is 0 Å². The Morgan fingerprint density at radius 3 is 2.68 bits per heavy atom. The zero-order valence-corrected chi connectivity index (χ0v) is 16.3. The summed E-state index contributed by atoms with van der Waals surface area (Å²) >= 11 is 1.98. The van der Waals surface area contributed by atoms with Gasteiger partial charge < -0.3 is 15.4 Å². The van der Waals surface area contributed by atoms with Crippen molar-refractivity contribution in [2.24, 2.45) is 10.7 Å². The van der Waals surface area contributed by atoms with Gasteiger partial charge in [-0.3, -0.25) is 4.99 Å². The molecule has 2 rings (SSSR count). The molecule has 22 heavy (non-hydrogen) atoms.